The minimum Gasteiger partial charge on any atom is -0.368 e. The molecule has 2 aromatic rings. The Kier molecular flexibility index (Phi) is 3.38. The van der Waals surface area contributed by atoms with Gasteiger partial charge in [0.15, 0.2) is 0 Å². The Labute approximate surface area is 107 Å². The van der Waals surface area contributed by atoms with E-state index in [1.807, 2.05) is 17.5 Å². The minimum absolute atomic E-state index is 0.0219. The number of rotatable bonds is 4. The van der Waals surface area contributed by atoms with E-state index in [1.165, 1.54) is 0 Å². The van der Waals surface area contributed by atoms with Gasteiger partial charge in [-0.15, -0.1) is 11.3 Å². The maximum absolute atomic E-state index is 10.9. The maximum atomic E-state index is 10.9. The molecule has 0 aromatic carbocycles. The normalized spacial score (nSPS) is 10.3. The summed E-state index contributed by atoms with van der Waals surface area (Å²) in [5, 5.41) is 12.9. The molecule has 0 amide bonds. The molecule has 18 heavy (non-hydrogen) atoms. The van der Waals surface area contributed by atoms with Crippen molar-refractivity contribution in [2.75, 3.05) is 17.7 Å². The summed E-state index contributed by atoms with van der Waals surface area (Å²) in [7, 11) is 1.73. The van der Waals surface area contributed by atoms with Gasteiger partial charge in [0.25, 0.3) is 0 Å². The summed E-state index contributed by atoms with van der Waals surface area (Å²) >= 11 is 1.58. The van der Waals surface area contributed by atoms with Crippen molar-refractivity contribution in [3.05, 3.63) is 38.7 Å². The first-order chi connectivity index (χ1) is 8.58. The summed E-state index contributed by atoms with van der Waals surface area (Å²) in [5.74, 6) is 0.245. The molecule has 2 rings (SSSR count). The largest absolute Gasteiger partial charge is 0.368 e. The highest BCUT2D eigenvalue weighted by Crippen LogP contribution is 2.26. The summed E-state index contributed by atoms with van der Waals surface area (Å²) < 4.78 is 0. The Bertz CT molecular complexity index is 557. The Hall–Kier alpha value is -2.22. The first-order valence-corrected chi connectivity index (χ1v) is 5.96. The van der Waals surface area contributed by atoms with Crippen molar-refractivity contribution in [3.63, 3.8) is 0 Å². The second-order valence-electron chi connectivity index (χ2n) is 3.63. The third-order valence-corrected chi connectivity index (χ3v) is 3.16. The minimum atomic E-state index is -0.514. The van der Waals surface area contributed by atoms with Crippen LogP contribution in [0.2, 0.25) is 0 Å². The van der Waals surface area contributed by atoms with Gasteiger partial charge in [0.05, 0.1) is 11.5 Å². The van der Waals surface area contributed by atoms with E-state index in [0.29, 0.717) is 6.54 Å². The number of anilines is 2. The molecule has 0 unspecified atom stereocenters. The highest BCUT2D eigenvalue weighted by Gasteiger charge is 2.20. The molecular formula is C10H11N5O2S. The molecule has 0 atom stereocenters. The molecule has 0 aliphatic rings. The van der Waals surface area contributed by atoms with Crippen LogP contribution in [0.5, 0.6) is 0 Å². The smallest absolute Gasteiger partial charge is 0.329 e. The number of hydrogen-bond donors (Lipinski definition) is 1. The van der Waals surface area contributed by atoms with Gasteiger partial charge in [-0.3, -0.25) is 10.1 Å². The zero-order chi connectivity index (χ0) is 13.1. The van der Waals surface area contributed by atoms with Gasteiger partial charge in [-0.2, -0.15) is 4.98 Å². The fourth-order valence-electron chi connectivity index (χ4n) is 1.50. The molecule has 0 radical (unpaired) electrons. The highest BCUT2D eigenvalue weighted by atomic mass is 32.1. The fraction of sp³-hybridized carbons (Fsp3) is 0.200. The van der Waals surface area contributed by atoms with Crippen LogP contribution in [0.3, 0.4) is 0 Å². The molecule has 0 saturated carbocycles. The van der Waals surface area contributed by atoms with E-state index in [9.17, 15) is 10.1 Å². The van der Waals surface area contributed by atoms with Crippen LogP contribution in [-0.4, -0.2) is 21.9 Å². The van der Waals surface area contributed by atoms with Gasteiger partial charge in [-0.05, 0) is 11.4 Å². The fourth-order valence-corrected chi connectivity index (χ4v) is 2.26. The molecule has 7 nitrogen and oxygen atoms in total. The predicted octanol–water partition coefficient (Wildman–Crippen LogP) is 1.66. The van der Waals surface area contributed by atoms with Crippen molar-refractivity contribution in [1.82, 2.24) is 9.97 Å². The molecule has 2 N–H and O–H groups in total. The van der Waals surface area contributed by atoms with Gasteiger partial charge in [0.2, 0.25) is 11.8 Å². The van der Waals surface area contributed by atoms with Gasteiger partial charge >= 0.3 is 5.69 Å². The average molecular weight is 265 g/mol. The van der Waals surface area contributed by atoms with Crippen molar-refractivity contribution in [2.24, 2.45) is 0 Å². The Morgan fingerprint density at radius 3 is 3.00 bits per heavy atom. The third-order valence-electron chi connectivity index (χ3n) is 2.30. The van der Waals surface area contributed by atoms with Crippen molar-refractivity contribution in [2.45, 2.75) is 6.54 Å². The predicted molar refractivity (Wildman–Crippen MR) is 69.5 cm³/mol. The summed E-state index contributed by atoms with van der Waals surface area (Å²) in [6, 6.07) is 3.88. The Morgan fingerprint density at radius 1 is 1.61 bits per heavy atom. The lowest BCUT2D eigenvalue weighted by Gasteiger charge is -2.16. The SMILES string of the molecule is CN(Cc1cccs1)c1nc(N)ncc1[N+](=O)[O-]. The van der Waals surface area contributed by atoms with Crippen LogP contribution in [0.25, 0.3) is 0 Å². The van der Waals surface area contributed by atoms with Crippen LogP contribution in [0.15, 0.2) is 23.7 Å². The van der Waals surface area contributed by atoms with Gasteiger partial charge in [0.1, 0.15) is 6.20 Å². The van der Waals surface area contributed by atoms with Crippen molar-refractivity contribution in [3.8, 4) is 0 Å². The third kappa shape index (κ3) is 2.54. The molecular weight excluding hydrogens is 254 g/mol. The average Bonchev–Trinajstić information content (AvgIpc) is 2.81. The lowest BCUT2D eigenvalue weighted by molar-refractivity contribution is -0.384. The molecule has 2 aromatic heterocycles. The topological polar surface area (TPSA) is 98.2 Å². The summed E-state index contributed by atoms with van der Waals surface area (Å²) in [4.78, 5) is 20.7. The van der Waals surface area contributed by atoms with E-state index < -0.39 is 4.92 Å². The van der Waals surface area contributed by atoms with Crippen LogP contribution in [0.4, 0.5) is 17.5 Å². The second-order valence-corrected chi connectivity index (χ2v) is 4.66. The quantitative estimate of drug-likeness (QED) is 0.667. The molecule has 94 valence electrons. The van der Waals surface area contributed by atoms with Crippen molar-refractivity contribution in [1.29, 1.82) is 0 Å². The molecule has 0 bridgehead atoms. The van der Waals surface area contributed by atoms with Crippen LogP contribution in [-0.2, 0) is 6.54 Å². The Balaban J connectivity index is 2.31. The second kappa shape index (κ2) is 4.96. The number of nitrogens with two attached hydrogens (primary N) is 1. The van der Waals surface area contributed by atoms with E-state index in [-0.39, 0.29) is 17.5 Å². The van der Waals surface area contributed by atoms with Crippen molar-refractivity contribution < 1.29 is 4.92 Å². The first kappa shape index (κ1) is 12.2. The number of nitrogens with zero attached hydrogens (tertiary/aromatic N) is 4. The molecule has 0 aliphatic carbocycles. The maximum Gasteiger partial charge on any atom is 0.329 e. The van der Waals surface area contributed by atoms with E-state index in [4.69, 9.17) is 5.73 Å². The standard InChI is InChI=1S/C10H11N5O2S/c1-14(6-7-3-2-4-18-7)9-8(15(16)17)5-12-10(11)13-9/h2-5H,6H2,1H3,(H2,11,12,13). The number of nitrogen functional groups attached to an aromatic ring is 1. The molecule has 0 aliphatic heterocycles. The van der Waals surface area contributed by atoms with Gasteiger partial charge in [-0.25, -0.2) is 4.98 Å². The van der Waals surface area contributed by atoms with E-state index in [1.54, 1.807) is 23.3 Å². The molecule has 0 saturated heterocycles. The summed E-state index contributed by atoms with van der Waals surface area (Å²) in [5.41, 5.74) is 5.32. The first-order valence-electron chi connectivity index (χ1n) is 5.08. The zero-order valence-corrected chi connectivity index (χ0v) is 10.4. The van der Waals surface area contributed by atoms with E-state index in [2.05, 4.69) is 9.97 Å². The van der Waals surface area contributed by atoms with Crippen LogP contribution in [0, 0.1) is 10.1 Å². The van der Waals surface area contributed by atoms with Crippen molar-refractivity contribution >= 4 is 28.8 Å². The lowest BCUT2D eigenvalue weighted by Crippen LogP contribution is -2.19. The molecule has 0 spiro atoms. The number of thiophene rings is 1. The number of nitro groups is 1. The summed E-state index contributed by atoms with van der Waals surface area (Å²) in [6.45, 7) is 0.537. The molecule has 8 heteroatoms. The lowest BCUT2D eigenvalue weighted by atomic mass is 10.4. The van der Waals surface area contributed by atoms with E-state index >= 15 is 0 Å². The highest BCUT2D eigenvalue weighted by molar-refractivity contribution is 7.09. The van der Waals surface area contributed by atoms with Gasteiger partial charge in [0, 0.05) is 11.9 Å². The van der Waals surface area contributed by atoms with Crippen LogP contribution < -0.4 is 10.6 Å². The molecule has 2 heterocycles. The monoisotopic (exact) mass is 265 g/mol. The summed E-state index contributed by atoms with van der Waals surface area (Å²) in [6.07, 6.45) is 1.13. The number of hydrogen-bond acceptors (Lipinski definition) is 7. The van der Waals surface area contributed by atoms with Crippen LogP contribution in [0.1, 0.15) is 4.88 Å². The van der Waals surface area contributed by atoms with Crippen LogP contribution >= 0.6 is 11.3 Å². The Morgan fingerprint density at radius 2 is 2.39 bits per heavy atom. The van der Waals surface area contributed by atoms with Gasteiger partial charge in [-0.1, -0.05) is 6.07 Å². The van der Waals surface area contributed by atoms with E-state index in [0.717, 1.165) is 11.1 Å². The number of aromatic nitrogens is 2. The van der Waals surface area contributed by atoms with Gasteiger partial charge < -0.3 is 10.6 Å². The molecule has 0 fully saturated rings. The zero-order valence-electron chi connectivity index (χ0n) is 9.61.